The predicted octanol–water partition coefficient (Wildman–Crippen LogP) is 1.53. The fourth-order valence-electron chi connectivity index (χ4n) is 0.617. The molecule has 1 radical (unpaired) electrons. The molecule has 1 aromatic carbocycles. The van der Waals surface area contributed by atoms with Crippen LogP contribution in [0, 0.1) is 0 Å². The Kier molecular flexibility index (Phi) is 4.59. The molecule has 0 aromatic heterocycles. The maximum atomic E-state index is 9.79. The van der Waals surface area contributed by atoms with Crippen LogP contribution >= 0.6 is 0 Å². The first-order valence-corrected chi connectivity index (χ1v) is 2.69. The first-order chi connectivity index (χ1) is 4.43. The van der Waals surface area contributed by atoms with E-state index in [0.717, 1.165) is 5.56 Å². The van der Waals surface area contributed by atoms with Gasteiger partial charge in [-0.25, -0.2) is 4.79 Å². The van der Waals surface area contributed by atoms with Crippen molar-refractivity contribution in [3.63, 3.8) is 0 Å². The molecule has 1 rings (SSSR count). The average molecular weight is 177 g/mol. The summed E-state index contributed by atoms with van der Waals surface area (Å²) in [6.07, 6.45) is 1.40. The Morgan fingerprint density at radius 1 is 1.20 bits per heavy atom. The Morgan fingerprint density at radius 3 is 2.30 bits per heavy atom. The maximum absolute atomic E-state index is 9.79. The van der Waals surface area contributed by atoms with Gasteiger partial charge in [0.2, 0.25) is 0 Å². The average Bonchev–Trinajstić information content (AvgIpc) is 1.91. The van der Waals surface area contributed by atoms with E-state index >= 15 is 0 Å². The van der Waals surface area contributed by atoms with Crippen molar-refractivity contribution in [1.82, 2.24) is 0 Å². The smallest absolute Gasteiger partial charge is 0.125 e. The second-order valence-electron chi connectivity index (χ2n) is 1.67. The Bertz CT molecular complexity index is 224. The molecule has 0 atom stereocenters. The molecule has 0 aliphatic carbocycles. The molecular formula is C8H6CoO. The molecule has 0 bridgehead atoms. The summed E-state index contributed by atoms with van der Waals surface area (Å²) in [5, 5.41) is 0. The summed E-state index contributed by atoms with van der Waals surface area (Å²) in [5.41, 5.74) is 0.896. The van der Waals surface area contributed by atoms with Gasteiger partial charge in [-0.3, -0.25) is 0 Å². The number of rotatable bonds is 1. The third-order valence-electron chi connectivity index (χ3n) is 1.03. The van der Waals surface area contributed by atoms with Crippen LogP contribution in [0.15, 0.2) is 30.3 Å². The van der Waals surface area contributed by atoms with Crippen molar-refractivity contribution < 1.29 is 21.6 Å². The van der Waals surface area contributed by atoms with E-state index in [4.69, 9.17) is 0 Å². The summed E-state index contributed by atoms with van der Waals surface area (Å²) in [6.45, 7) is 0. The van der Waals surface area contributed by atoms with Crippen LogP contribution in [0.5, 0.6) is 0 Å². The molecular weight excluding hydrogens is 171 g/mol. The van der Waals surface area contributed by atoms with Gasteiger partial charge in [-0.2, -0.15) is 0 Å². The van der Waals surface area contributed by atoms with Crippen molar-refractivity contribution in [2.45, 2.75) is 0 Å². The maximum Gasteiger partial charge on any atom is 0.125 e. The van der Waals surface area contributed by atoms with E-state index in [1.54, 1.807) is 5.94 Å². The molecule has 0 saturated heterocycles. The van der Waals surface area contributed by atoms with Crippen molar-refractivity contribution in [2.75, 3.05) is 0 Å². The number of hydrogen-bond donors (Lipinski definition) is 0. The third-order valence-corrected chi connectivity index (χ3v) is 1.03. The van der Waals surface area contributed by atoms with E-state index in [1.807, 2.05) is 30.3 Å². The molecule has 0 heterocycles. The quantitative estimate of drug-likeness (QED) is 0.594. The molecule has 1 nitrogen and oxygen atoms in total. The summed E-state index contributed by atoms with van der Waals surface area (Å²) < 4.78 is 0. The zero-order valence-corrected chi connectivity index (χ0v) is 6.25. The third kappa shape index (κ3) is 2.64. The molecule has 53 valence electrons. The van der Waals surface area contributed by atoms with Gasteiger partial charge in [0, 0.05) is 22.9 Å². The second kappa shape index (κ2) is 5.00. The first kappa shape index (κ1) is 9.18. The minimum absolute atomic E-state index is 0. The van der Waals surface area contributed by atoms with Gasteiger partial charge in [-0.05, 0) is 5.56 Å². The summed E-state index contributed by atoms with van der Waals surface area (Å²) in [6, 6.07) is 9.37. The van der Waals surface area contributed by atoms with Crippen LogP contribution in [0.2, 0.25) is 0 Å². The molecule has 0 N–H and O–H groups in total. The van der Waals surface area contributed by atoms with E-state index in [9.17, 15) is 4.79 Å². The Morgan fingerprint density at radius 2 is 1.80 bits per heavy atom. The first-order valence-electron chi connectivity index (χ1n) is 2.69. The molecule has 10 heavy (non-hydrogen) atoms. The molecule has 0 aliphatic heterocycles. The van der Waals surface area contributed by atoms with E-state index in [1.165, 1.54) is 6.08 Å². The van der Waals surface area contributed by atoms with Gasteiger partial charge in [0.15, 0.2) is 0 Å². The van der Waals surface area contributed by atoms with Crippen LogP contribution in [0.3, 0.4) is 0 Å². The van der Waals surface area contributed by atoms with Gasteiger partial charge in [0.1, 0.15) is 5.94 Å². The van der Waals surface area contributed by atoms with Gasteiger partial charge in [0.25, 0.3) is 0 Å². The Labute approximate surface area is 70.0 Å². The zero-order chi connectivity index (χ0) is 6.53. The molecule has 0 unspecified atom stereocenters. The Hall–Kier alpha value is -0.824. The van der Waals surface area contributed by atoms with Crippen molar-refractivity contribution in [2.24, 2.45) is 0 Å². The van der Waals surface area contributed by atoms with Crippen LogP contribution in [-0.4, -0.2) is 5.94 Å². The largest absolute Gasteiger partial charge is 0.233 e. The SMILES string of the molecule is O=C=Cc1ccccc1.[Co]. The van der Waals surface area contributed by atoms with Crippen LogP contribution in [0.25, 0.3) is 6.08 Å². The van der Waals surface area contributed by atoms with Crippen LogP contribution in [0.4, 0.5) is 0 Å². The Balaban J connectivity index is 0.000000810. The molecule has 2 heteroatoms. The zero-order valence-electron chi connectivity index (χ0n) is 5.21. The molecule has 0 fully saturated rings. The van der Waals surface area contributed by atoms with Crippen molar-refractivity contribution >= 4 is 12.0 Å². The van der Waals surface area contributed by atoms with E-state index in [0.29, 0.717) is 0 Å². The van der Waals surface area contributed by atoms with Gasteiger partial charge < -0.3 is 0 Å². The monoisotopic (exact) mass is 177 g/mol. The fraction of sp³-hybridized carbons (Fsp3) is 0. The van der Waals surface area contributed by atoms with Crippen molar-refractivity contribution in [1.29, 1.82) is 0 Å². The molecule has 0 saturated carbocycles. The summed E-state index contributed by atoms with van der Waals surface area (Å²) >= 11 is 0. The van der Waals surface area contributed by atoms with Gasteiger partial charge >= 0.3 is 0 Å². The minimum atomic E-state index is 0. The van der Waals surface area contributed by atoms with E-state index < -0.39 is 0 Å². The molecule has 1 aromatic rings. The van der Waals surface area contributed by atoms with E-state index in [-0.39, 0.29) is 16.8 Å². The molecule has 0 spiro atoms. The van der Waals surface area contributed by atoms with Gasteiger partial charge in [-0.1, -0.05) is 30.3 Å². The van der Waals surface area contributed by atoms with Crippen molar-refractivity contribution in [3.8, 4) is 0 Å². The van der Waals surface area contributed by atoms with E-state index in [2.05, 4.69) is 0 Å². The standard InChI is InChI=1S/C8H6O.Co/c9-7-6-8-4-2-1-3-5-8;/h1-6H;. The molecule has 0 aliphatic rings. The number of benzene rings is 1. The normalized spacial score (nSPS) is 7.20. The molecule has 0 amide bonds. The fourth-order valence-corrected chi connectivity index (χ4v) is 0.617. The van der Waals surface area contributed by atoms with Gasteiger partial charge in [0.05, 0.1) is 0 Å². The second-order valence-corrected chi connectivity index (χ2v) is 1.67. The van der Waals surface area contributed by atoms with Crippen LogP contribution < -0.4 is 0 Å². The van der Waals surface area contributed by atoms with Gasteiger partial charge in [-0.15, -0.1) is 0 Å². The summed E-state index contributed by atoms with van der Waals surface area (Å²) in [4.78, 5) is 9.79. The number of hydrogen-bond acceptors (Lipinski definition) is 1. The number of carbonyl (C=O) groups excluding carboxylic acids is 1. The summed E-state index contributed by atoms with van der Waals surface area (Å²) in [5.74, 6) is 1.71. The van der Waals surface area contributed by atoms with Crippen molar-refractivity contribution in [3.05, 3.63) is 35.9 Å². The topological polar surface area (TPSA) is 17.1 Å². The van der Waals surface area contributed by atoms with Crippen LogP contribution in [0.1, 0.15) is 5.56 Å². The van der Waals surface area contributed by atoms with Crippen LogP contribution in [-0.2, 0) is 21.6 Å². The predicted molar refractivity (Wildman–Crippen MR) is 36.6 cm³/mol. The summed E-state index contributed by atoms with van der Waals surface area (Å²) in [7, 11) is 0. The minimum Gasteiger partial charge on any atom is -0.233 e.